The first kappa shape index (κ1) is 27.1. The van der Waals surface area contributed by atoms with Crippen LogP contribution in [0.15, 0.2) is 95.2 Å². The average Bonchev–Trinajstić information content (AvgIpc) is 3.76. The van der Waals surface area contributed by atoms with Crippen molar-refractivity contribution in [3.8, 4) is 11.3 Å². The summed E-state index contributed by atoms with van der Waals surface area (Å²) < 4.78 is 2.04. The van der Waals surface area contributed by atoms with Crippen LogP contribution in [0.3, 0.4) is 0 Å². The number of aromatic nitrogens is 6. The van der Waals surface area contributed by atoms with E-state index in [0.29, 0.717) is 21.8 Å². The minimum atomic E-state index is -0.113. The number of nitrogens with one attached hydrogen (secondary N) is 2. The van der Waals surface area contributed by atoms with Gasteiger partial charge in [0, 0.05) is 68.9 Å². The first-order chi connectivity index (χ1) is 20.0. The molecule has 7 rings (SSSR count). The Labute approximate surface area is 249 Å². The topological polar surface area (TPSA) is 92.2 Å². The van der Waals surface area contributed by atoms with Gasteiger partial charge in [-0.25, -0.2) is 15.0 Å². The third-order valence-electron chi connectivity index (χ3n) is 6.89. The lowest BCUT2D eigenvalue weighted by Gasteiger charge is -2.05. The number of rotatable bonds is 5. The molecule has 10 heteroatoms. The van der Waals surface area contributed by atoms with Gasteiger partial charge in [-0.05, 0) is 61.0 Å². The summed E-state index contributed by atoms with van der Waals surface area (Å²) in [5.41, 5.74) is 5.92. The maximum atomic E-state index is 12.5. The van der Waals surface area contributed by atoms with E-state index >= 15 is 0 Å². The van der Waals surface area contributed by atoms with E-state index in [2.05, 4.69) is 55.6 Å². The molecule has 0 saturated heterocycles. The van der Waals surface area contributed by atoms with Gasteiger partial charge in [-0.2, -0.15) is 0 Å². The molecule has 0 aliphatic rings. The standard InChI is InChI=1S/C16H14N4S.C15H11ClN2OS/c1-20-15-12-7-8-17-16(12)18-9-13(15)14(19-20)10-3-5-11(21-2)6-4-10;1-20-10-4-2-9(3-5-10)14(19)12-8-18-15-11(13(12)16)6-7-17-15/h3-9,19H,1-2H3;2-8H,1H3,(H,17,18). The second kappa shape index (κ2) is 11.4. The van der Waals surface area contributed by atoms with E-state index in [0.717, 1.165) is 37.9 Å². The van der Waals surface area contributed by atoms with Crippen molar-refractivity contribution in [2.45, 2.75) is 9.79 Å². The van der Waals surface area contributed by atoms with E-state index in [4.69, 9.17) is 11.6 Å². The van der Waals surface area contributed by atoms with E-state index in [-0.39, 0.29) is 5.78 Å². The number of aromatic amines is 2. The summed E-state index contributed by atoms with van der Waals surface area (Å²) in [6, 6.07) is 19.9. The second-order valence-electron chi connectivity index (χ2n) is 9.26. The molecule has 0 aliphatic heterocycles. The first-order valence-electron chi connectivity index (χ1n) is 12.7. The van der Waals surface area contributed by atoms with Gasteiger partial charge in [-0.1, -0.05) is 23.7 Å². The molecule has 0 fully saturated rings. The summed E-state index contributed by atoms with van der Waals surface area (Å²) in [6.07, 6.45) is 11.1. The Kier molecular flexibility index (Phi) is 7.57. The van der Waals surface area contributed by atoms with Gasteiger partial charge in [0.1, 0.15) is 5.65 Å². The molecule has 5 heterocycles. The van der Waals surface area contributed by atoms with Crippen LogP contribution in [0.4, 0.5) is 0 Å². The number of hydrogen-bond acceptors (Lipinski definition) is 6. The fraction of sp³-hybridized carbons (Fsp3) is 0.0968. The van der Waals surface area contributed by atoms with Crippen LogP contribution in [0.5, 0.6) is 0 Å². The Balaban J connectivity index is 0.000000148. The van der Waals surface area contributed by atoms with Gasteiger partial charge in [0.15, 0.2) is 11.4 Å². The number of ketones is 1. The van der Waals surface area contributed by atoms with Crippen LogP contribution in [-0.2, 0) is 7.05 Å². The largest absolute Gasteiger partial charge is 0.346 e. The minimum Gasteiger partial charge on any atom is -0.346 e. The predicted octanol–water partition coefficient (Wildman–Crippen LogP) is 8.01. The van der Waals surface area contributed by atoms with Crippen molar-refractivity contribution in [1.82, 2.24) is 29.7 Å². The van der Waals surface area contributed by atoms with Crippen LogP contribution in [-0.4, -0.2) is 48.0 Å². The highest BCUT2D eigenvalue weighted by atomic mass is 35.5. The fourth-order valence-electron chi connectivity index (χ4n) is 4.78. The number of aryl methyl sites for hydroxylation is 1. The Morgan fingerprint density at radius 1 is 0.829 bits per heavy atom. The normalized spacial score (nSPS) is 11.2. The minimum absolute atomic E-state index is 0.113. The molecule has 0 spiro atoms. The van der Waals surface area contributed by atoms with Crippen LogP contribution < -0.4 is 0 Å². The van der Waals surface area contributed by atoms with E-state index in [1.165, 1.54) is 16.7 Å². The molecule has 7 aromatic rings. The maximum Gasteiger partial charge on any atom is 0.196 e. The van der Waals surface area contributed by atoms with Crippen LogP contribution >= 0.6 is 35.1 Å². The van der Waals surface area contributed by atoms with Crippen molar-refractivity contribution in [3.05, 3.63) is 102 Å². The Hall–Kier alpha value is -4.05. The Bertz CT molecular complexity index is 2010. The van der Waals surface area contributed by atoms with E-state index in [1.54, 1.807) is 35.9 Å². The number of fused-ring (bicyclic) bond motifs is 4. The van der Waals surface area contributed by atoms with Gasteiger partial charge in [0.2, 0.25) is 0 Å². The average molecular weight is 597 g/mol. The molecule has 2 aromatic carbocycles. The van der Waals surface area contributed by atoms with E-state index in [1.807, 2.05) is 60.6 Å². The molecule has 0 aliphatic carbocycles. The summed E-state index contributed by atoms with van der Waals surface area (Å²) in [6.45, 7) is 0. The predicted molar refractivity (Wildman–Crippen MR) is 170 cm³/mol. The number of pyridine rings is 2. The highest BCUT2D eigenvalue weighted by Gasteiger charge is 2.16. The number of carbonyl (C=O) groups excluding carboxylic acids is 1. The lowest BCUT2D eigenvalue weighted by atomic mass is 10.0. The molecule has 0 amide bonds. The third kappa shape index (κ3) is 5.12. The number of hydrogen-bond donors (Lipinski definition) is 2. The zero-order valence-corrected chi connectivity index (χ0v) is 24.9. The quantitative estimate of drug-likeness (QED) is 0.154. The molecule has 7 nitrogen and oxygen atoms in total. The summed E-state index contributed by atoms with van der Waals surface area (Å²) in [7, 11) is 2.02. The Morgan fingerprint density at radius 3 is 2.24 bits per heavy atom. The first-order valence-corrected chi connectivity index (χ1v) is 15.5. The molecule has 0 atom stereocenters. The smallest absolute Gasteiger partial charge is 0.196 e. The second-order valence-corrected chi connectivity index (χ2v) is 11.4. The molecule has 0 radical (unpaired) electrons. The monoisotopic (exact) mass is 596 g/mol. The summed E-state index contributed by atoms with van der Waals surface area (Å²) in [4.78, 5) is 30.8. The van der Waals surface area contributed by atoms with E-state index in [9.17, 15) is 4.79 Å². The van der Waals surface area contributed by atoms with Crippen molar-refractivity contribution in [2.75, 3.05) is 12.5 Å². The molecule has 0 bridgehead atoms. The highest BCUT2D eigenvalue weighted by molar-refractivity contribution is 7.98. The fourth-order valence-corrected chi connectivity index (χ4v) is 5.89. The lowest BCUT2D eigenvalue weighted by molar-refractivity contribution is 0.103. The van der Waals surface area contributed by atoms with Crippen molar-refractivity contribution in [2.24, 2.45) is 7.05 Å². The zero-order chi connectivity index (χ0) is 28.5. The number of H-pyrrole nitrogens is 2. The maximum absolute atomic E-state index is 12.5. The SMILES string of the molecule is CSc1ccc(-c2[nH]n(C)c3c2cnc2nccc23)cc1.CSc1ccc(C(=O)c2cnc3[nH]ccc3c2Cl)cc1. The van der Waals surface area contributed by atoms with Crippen molar-refractivity contribution in [1.29, 1.82) is 0 Å². The zero-order valence-electron chi connectivity index (χ0n) is 22.5. The lowest BCUT2D eigenvalue weighted by Crippen LogP contribution is -2.03. The molecule has 204 valence electrons. The van der Waals surface area contributed by atoms with Gasteiger partial charge in [-0.3, -0.25) is 14.6 Å². The number of nitrogens with zero attached hydrogens (tertiary/aromatic N) is 4. The molecular weight excluding hydrogens is 572 g/mol. The van der Waals surface area contributed by atoms with Crippen LogP contribution in [0.1, 0.15) is 15.9 Å². The molecule has 0 saturated carbocycles. The number of carbonyl (C=O) groups is 1. The van der Waals surface area contributed by atoms with Crippen LogP contribution in [0, 0.1) is 0 Å². The van der Waals surface area contributed by atoms with Gasteiger partial charge in [0.25, 0.3) is 0 Å². The van der Waals surface area contributed by atoms with Gasteiger partial charge in [0.05, 0.1) is 21.8 Å². The molecule has 5 aromatic heterocycles. The number of thioether (sulfide) groups is 2. The van der Waals surface area contributed by atoms with Crippen LogP contribution in [0.25, 0.3) is 44.2 Å². The molecular formula is C31H25ClN6OS2. The molecule has 2 N–H and O–H groups in total. The third-order valence-corrected chi connectivity index (χ3v) is 8.78. The Morgan fingerprint density at radius 2 is 1.54 bits per heavy atom. The summed E-state index contributed by atoms with van der Waals surface area (Å²) in [5.74, 6) is -0.113. The number of halogens is 1. The summed E-state index contributed by atoms with van der Waals surface area (Å²) >= 11 is 9.69. The van der Waals surface area contributed by atoms with Crippen molar-refractivity contribution >= 4 is 73.9 Å². The van der Waals surface area contributed by atoms with Gasteiger partial charge in [-0.15, -0.1) is 23.5 Å². The molecule has 41 heavy (non-hydrogen) atoms. The van der Waals surface area contributed by atoms with Crippen molar-refractivity contribution in [3.63, 3.8) is 0 Å². The molecule has 0 unspecified atom stereocenters. The van der Waals surface area contributed by atoms with Crippen LogP contribution in [0.2, 0.25) is 5.02 Å². The van der Waals surface area contributed by atoms with Crippen molar-refractivity contribution < 1.29 is 4.79 Å². The van der Waals surface area contributed by atoms with E-state index < -0.39 is 0 Å². The van der Waals surface area contributed by atoms with Gasteiger partial charge < -0.3 is 4.98 Å². The summed E-state index contributed by atoms with van der Waals surface area (Å²) in [5, 5.41) is 6.83. The number of benzene rings is 2. The highest BCUT2D eigenvalue weighted by Crippen LogP contribution is 2.32. The van der Waals surface area contributed by atoms with Gasteiger partial charge >= 0.3 is 0 Å².